The van der Waals surface area contributed by atoms with Gasteiger partial charge >= 0.3 is 0 Å². The predicted octanol–water partition coefficient (Wildman–Crippen LogP) is 3.06. The molecule has 2 fully saturated rings. The molecular weight excluding hydrogens is 272 g/mol. The van der Waals surface area contributed by atoms with E-state index in [1.807, 2.05) is 18.2 Å². The van der Waals surface area contributed by atoms with Crippen LogP contribution in [-0.4, -0.2) is 18.2 Å². The molecule has 0 aromatic heterocycles. The Labute approximate surface area is 125 Å². The van der Waals surface area contributed by atoms with Crippen LogP contribution in [-0.2, 0) is 11.2 Å². The molecule has 3 rings (SSSR count). The Morgan fingerprint density at radius 1 is 1.40 bits per heavy atom. The van der Waals surface area contributed by atoms with Crippen molar-refractivity contribution in [1.82, 2.24) is 5.43 Å². The fraction of sp³-hybridized carbons (Fsp3) is 0.625. The summed E-state index contributed by atoms with van der Waals surface area (Å²) in [7, 11) is 0. The summed E-state index contributed by atoms with van der Waals surface area (Å²) in [6.07, 6.45) is 6.84. The smallest absolute Gasteiger partial charge is 0.0685 e. The summed E-state index contributed by atoms with van der Waals surface area (Å²) in [4.78, 5) is 0. The van der Waals surface area contributed by atoms with Crippen LogP contribution in [0.4, 0.5) is 0 Å². The summed E-state index contributed by atoms with van der Waals surface area (Å²) in [5.41, 5.74) is 4.36. The first-order valence-electron chi connectivity index (χ1n) is 7.56. The minimum Gasteiger partial charge on any atom is -0.375 e. The molecule has 1 saturated heterocycles. The fourth-order valence-electron chi connectivity index (χ4n) is 3.59. The summed E-state index contributed by atoms with van der Waals surface area (Å²) in [6, 6.07) is 8.31. The number of nitrogens with one attached hydrogen (secondary N) is 1. The van der Waals surface area contributed by atoms with E-state index in [0.717, 1.165) is 30.9 Å². The van der Waals surface area contributed by atoms with Gasteiger partial charge in [-0.25, -0.2) is 0 Å². The Kier molecular flexibility index (Phi) is 4.32. The molecule has 1 saturated carbocycles. The molecule has 1 aromatic rings. The van der Waals surface area contributed by atoms with Gasteiger partial charge < -0.3 is 4.74 Å². The van der Waals surface area contributed by atoms with Gasteiger partial charge in [0.05, 0.1) is 5.60 Å². The molecule has 110 valence electrons. The molecule has 3 N–H and O–H groups in total. The highest BCUT2D eigenvalue weighted by molar-refractivity contribution is 6.31. The number of nitrogens with two attached hydrogens (primary N) is 1. The lowest BCUT2D eigenvalue weighted by Gasteiger charge is -2.48. The molecule has 1 aliphatic heterocycles. The Morgan fingerprint density at radius 3 is 2.85 bits per heavy atom. The maximum atomic E-state index is 6.27. The zero-order chi connectivity index (χ0) is 14.0. The van der Waals surface area contributed by atoms with Gasteiger partial charge in [-0.15, -0.1) is 0 Å². The van der Waals surface area contributed by atoms with Crippen molar-refractivity contribution in [2.75, 3.05) is 6.61 Å². The third-order valence-electron chi connectivity index (χ3n) is 4.98. The average Bonchev–Trinajstić information content (AvgIpc) is 2.45. The predicted molar refractivity (Wildman–Crippen MR) is 81.5 cm³/mol. The molecule has 4 heteroatoms. The molecule has 3 nitrogen and oxygen atoms in total. The number of hydrogen-bond acceptors (Lipinski definition) is 3. The van der Waals surface area contributed by atoms with Gasteiger partial charge in [-0.3, -0.25) is 11.3 Å². The minimum absolute atomic E-state index is 0.165. The summed E-state index contributed by atoms with van der Waals surface area (Å²) in [6.45, 7) is 0.866. The lowest BCUT2D eigenvalue weighted by molar-refractivity contribution is -0.147. The molecule has 1 heterocycles. The van der Waals surface area contributed by atoms with E-state index in [0.29, 0.717) is 5.92 Å². The summed E-state index contributed by atoms with van der Waals surface area (Å²) in [5, 5.41) is 0.832. The lowest BCUT2D eigenvalue weighted by Crippen LogP contribution is -2.52. The van der Waals surface area contributed by atoms with Gasteiger partial charge in [-0.1, -0.05) is 29.8 Å². The van der Waals surface area contributed by atoms with Gasteiger partial charge in [0, 0.05) is 17.7 Å². The van der Waals surface area contributed by atoms with Crippen LogP contribution in [0.15, 0.2) is 24.3 Å². The van der Waals surface area contributed by atoms with Crippen molar-refractivity contribution in [3.8, 4) is 0 Å². The number of rotatable bonds is 4. The molecule has 2 aliphatic rings. The van der Waals surface area contributed by atoms with Crippen molar-refractivity contribution in [3.05, 3.63) is 34.9 Å². The monoisotopic (exact) mass is 294 g/mol. The number of ether oxygens (including phenoxy) is 1. The molecule has 1 aliphatic carbocycles. The summed E-state index contributed by atoms with van der Waals surface area (Å²) >= 11 is 6.27. The van der Waals surface area contributed by atoms with Crippen molar-refractivity contribution in [2.24, 2.45) is 11.8 Å². The highest BCUT2D eigenvalue weighted by Crippen LogP contribution is 2.45. The molecule has 0 radical (unpaired) electrons. The maximum absolute atomic E-state index is 6.27. The van der Waals surface area contributed by atoms with Gasteiger partial charge in [-0.05, 0) is 56.1 Å². The molecule has 2 unspecified atom stereocenters. The normalized spacial score (nSPS) is 26.2. The van der Waals surface area contributed by atoms with Crippen molar-refractivity contribution >= 4 is 11.6 Å². The summed E-state index contributed by atoms with van der Waals surface area (Å²) < 4.78 is 6.01. The molecule has 2 atom stereocenters. The Hall–Kier alpha value is -0.610. The zero-order valence-corrected chi connectivity index (χ0v) is 12.5. The minimum atomic E-state index is 0.165. The molecule has 1 spiro atoms. The van der Waals surface area contributed by atoms with Crippen LogP contribution in [0.3, 0.4) is 0 Å². The first-order valence-corrected chi connectivity index (χ1v) is 7.94. The zero-order valence-electron chi connectivity index (χ0n) is 11.8. The van der Waals surface area contributed by atoms with Crippen molar-refractivity contribution in [3.63, 3.8) is 0 Å². The van der Waals surface area contributed by atoms with Gasteiger partial charge in [0.2, 0.25) is 0 Å². The van der Waals surface area contributed by atoms with Crippen molar-refractivity contribution in [2.45, 2.75) is 50.2 Å². The molecule has 1 aromatic carbocycles. The van der Waals surface area contributed by atoms with Crippen LogP contribution in [0.2, 0.25) is 5.02 Å². The highest BCUT2D eigenvalue weighted by Gasteiger charge is 2.44. The molecule has 20 heavy (non-hydrogen) atoms. The van der Waals surface area contributed by atoms with Gasteiger partial charge in [0.25, 0.3) is 0 Å². The quantitative estimate of drug-likeness (QED) is 0.663. The van der Waals surface area contributed by atoms with Gasteiger partial charge in [0.1, 0.15) is 0 Å². The van der Waals surface area contributed by atoms with E-state index in [1.54, 1.807) is 0 Å². The Morgan fingerprint density at radius 2 is 2.20 bits per heavy atom. The summed E-state index contributed by atoms with van der Waals surface area (Å²) in [5.74, 6) is 6.39. The average molecular weight is 295 g/mol. The van der Waals surface area contributed by atoms with Crippen molar-refractivity contribution in [1.29, 1.82) is 0 Å². The second kappa shape index (κ2) is 6.02. The van der Waals surface area contributed by atoms with Crippen LogP contribution in [0.1, 0.15) is 37.7 Å². The third kappa shape index (κ3) is 2.86. The van der Waals surface area contributed by atoms with E-state index in [1.165, 1.54) is 24.8 Å². The highest BCUT2D eigenvalue weighted by atomic mass is 35.5. The second-order valence-electron chi connectivity index (χ2n) is 6.21. The van der Waals surface area contributed by atoms with E-state index in [-0.39, 0.29) is 11.6 Å². The topological polar surface area (TPSA) is 47.3 Å². The molecule has 0 amide bonds. The van der Waals surface area contributed by atoms with Gasteiger partial charge in [-0.2, -0.15) is 0 Å². The third-order valence-corrected chi connectivity index (χ3v) is 5.35. The lowest BCUT2D eigenvalue weighted by atomic mass is 9.70. The van der Waals surface area contributed by atoms with E-state index < -0.39 is 0 Å². The van der Waals surface area contributed by atoms with E-state index in [4.69, 9.17) is 22.2 Å². The van der Waals surface area contributed by atoms with E-state index in [9.17, 15) is 0 Å². The van der Waals surface area contributed by atoms with E-state index >= 15 is 0 Å². The fourth-order valence-corrected chi connectivity index (χ4v) is 3.80. The van der Waals surface area contributed by atoms with Crippen LogP contribution in [0, 0.1) is 5.92 Å². The Bertz CT molecular complexity index is 462. The first kappa shape index (κ1) is 14.3. The SMILES string of the molecule is NNC(Cc1ccccc1Cl)C1CCOC2(CCC2)C1. The standard InChI is InChI=1S/C16H23ClN2O/c17-14-5-2-1-4-12(14)10-15(19-18)13-6-9-20-16(11-13)7-3-8-16/h1-2,4-5,13,15,19H,3,6-11,18H2. The van der Waals surface area contributed by atoms with Crippen molar-refractivity contribution < 1.29 is 4.74 Å². The number of halogens is 1. The first-order chi connectivity index (χ1) is 9.72. The Balaban J connectivity index is 1.68. The van der Waals surface area contributed by atoms with Gasteiger partial charge in [0.15, 0.2) is 0 Å². The van der Waals surface area contributed by atoms with Crippen LogP contribution in [0.25, 0.3) is 0 Å². The number of benzene rings is 1. The second-order valence-corrected chi connectivity index (χ2v) is 6.61. The largest absolute Gasteiger partial charge is 0.375 e. The number of hydrogen-bond donors (Lipinski definition) is 2. The molecular formula is C16H23ClN2O. The van der Waals surface area contributed by atoms with Crippen LogP contribution in [0.5, 0.6) is 0 Å². The molecule has 0 bridgehead atoms. The van der Waals surface area contributed by atoms with E-state index in [2.05, 4.69) is 11.5 Å². The van der Waals surface area contributed by atoms with Crippen LogP contribution < -0.4 is 11.3 Å². The maximum Gasteiger partial charge on any atom is 0.0685 e. The van der Waals surface area contributed by atoms with Crippen LogP contribution >= 0.6 is 11.6 Å². The number of hydrazine groups is 1.